The van der Waals surface area contributed by atoms with E-state index >= 15 is 0 Å². The average molecular weight is 515 g/mol. The topological polar surface area (TPSA) is 68.3 Å². The number of cyclic esters (lactones) is 1. The molecular formula is C28H38N2O5S. The van der Waals surface area contributed by atoms with E-state index < -0.39 is 23.8 Å². The Bertz CT molecular complexity index is 984. The van der Waals surface area contributed by atoms with Crippen molar-refractivity contribution in [2.75, 3.05) is 39.3 Å². The van der Waals surface area contributed by atoms with Crippen molar-refractivity contribution in [3.05, 3.63) is 52.2 Å². The van der Waals surface area contributed by atoms with Crippen molar-refractivity contribution in [2.45, 2.75) is 58.3 Å². The molecule has 36 heavy (non-hydrogen) atoms. The molecule has 0 unspecified atom stereocenters. The highest BCUT2D eigenvalue weighted by Gasteiger charge is 2.48. The molecule has 1 aromatic carbocycles. The van der Waals surface area contributed by atoms with E-state index in [1.807, 2.05) is 24.0 Å². The van der Waals surface area contributed by atoms with Crippen molar-refractivity contribution in [1.82, 2.24) is 9.80 Å². The molecule has 1 aromatic heterocycles. The van der Waals surface area contributed by atoms with Crippen LogP contribution in [0.3, 0.4) is 0 Å². The van der Waals surface area contributed by atoms with E-state index in [9.17, 15) is 9.59 Å². The minimum absolute atomic E-state index is 0.000694. The number of thiophene rings is 1. The van der Waals surface area contributed by atoms with Crippen LogP contribution in [0.15, 0.2) is 41.8 Å². The zero-order valence-corrected chi connectivity index (χ0v) is 22.4. The molecule has 2 aromatic rings. The normalized spacial score (nSPS) is 20.8. The van der Waals surface area contributed by atoms with E-state index in [2.05, 4.69) is 34.5 Å². The Morgan fingerprint density at radius 1 is 1.14 bits per heavy atom. The van der Waals surface area contributed by atoms with Crippen LogP contribution in [0.4, 0.5) is 0 Å². The summed E-state index contributed by atoms with van der Waals surface area (Å²) in [6.07, 6.45) is 2.35. The highest BCUT2D eigenvalue weighted by atomic mass is 32.1. The number of benzene rings is 1. The van der Waals surface area contributed by atoms with Crippen molar-refractivity contribution in [2.24, 2.45) is 5.92 Å². The fraction of sp³-hybridized carbons (Fsp3) is 0.571. The van der Waals surface area contributed by atoms with Crippen LogP contribution in [0.5, 0.6) is 5.75 Å². The molecule has 2 aliphatic rings. The van der Waals surface area contributed by atoms with Crippen LogP contribution in [-0.2, 0) is 31.9 Å². The third-order valence-corrected chi connectivity index (χ3v) is 7.76. The molecule has 3 heterocycles. The Morgan fingerprint density at radius 3 is 2.50 bits per heavy atom. The van der Waals surface area contributed by atoms with Crippen LogP contribution in [0.25, 0.3) is 0 Å². The number of piperazine rings is 1. The second kappa shape index (κ2) is 12.2. The van der Waals surface area contributed by atoms with E-state index in [4.69, 9.17) is 14.2 Å². The smallest absolute Gasteiger partial charge is 0.338 e. The highest BCUT2D eigenvalue weighted by Crippen LogP contribution is 2.32. The number of hydrogen-bond acceptors (Lipinski definition) is 7. The van der Waals surface area contributed by atoms with Crippen molar-refractivity contribution in [3.63, 3.8) is 0 Å². The average Bonchev–Trinajstić information content (AvgIpc) is 3.48. The number of aryl methyl sites for hydroxylation is 1. The van der Waals surface area contributed by atoms with Gasteiger partial charge in [-0.2, -0.15) is 0 Å². The summed E-state index contributed by atoms with van der Waals surface area (Å²) >= 11 is 1.79. The second-order valence-corrected chi connectivity index (χ2v) is 11.0. The molecule has 0 spiro atoms. The molecule has 2 fully saturated rings. The van der Waals surface area contributed by atoms with E-state index in [0.717, 1.165) is 44.6 Å². The minimum Gasteiger partial charge on any atom is -0.494 e. The molecule has 196 valence electrons. The fourth-order valence-corrected chi connectivity index (χ4v) is 5.62. The molecule has 1 amide bonds. The van der Waals surface area contributed by atoms with E-state index in [0.29, 0.717) is 26.1 Å². The van der Waals surface area contributed by atoms with Gasteiger partial charge in [-0.15, -0.1) is 11.3 Å². The van der Waals surface area contributed by atoms with Gasteiger partial charge in [0, 0.05) is 51.4 Å². The summed E-state index contributed by atoms with van der Waals surface area (Å²) < 4.78 is 16.9. The summed E-state index contributed by atoms with van der Waals surface area (Å²) in [5.41, 5.74) is 1.18. The van der Waals surface area contributed by atoms with Crippen molar-refractivity contribution in [3.8, 4) is 5.75 Å². The van der Waals surface area contributed by atoms with Crippen LogP contribution >= 0.6 is 11.3 Å². The van der Waals surface area contributed by atoms with Gasteiger partial charge in [0.05, 0.1) is 12.5 Å². The number of carbonyl (C=O) groups is 2. The van der Waals surface area contributed by atoms with Crippen molar-refractivity contribution < 1.29 is 23.8 Å². The van der Waals surface area contributed by atoms with E-state index in [1.54, 1.807) is 25.2 Å². The Balaban J connectivity index is 1.34. The molecule has 2 saturated heterocycles. The van der Waals surface area contributed by atoms with Gasteiger partial charge in [-0.3, -0.25) is 9.69 Å². The molecule has 4 rings (SSSR count). The number of rotatable bonds is 11. The summed E-state index contributed by atoms with van der Waals surface area (Å²) in [5.74, 6) is -1.13. The lowest BCUT2D eigenvalue weighted by molar-refractivity contribution is -0.163. The van der Waals surface area contributed by atoms with Gasteiger partial charge in [0.1, 0.15) is 5.75 Å². The largest absolute Gasteiger partial charge is 0.494 e. The Hall–Kier alpha value is -2.42. The predicted molar refractivity (Wildman–Crippen MR) is 140 cm³/mol. The fourth-order valence-electron chi connectivity index (χ4n) is 4.92. The van der Waals surface area contributed by atoms with Crippen LogP contribution < -0.4 is 4.74 Å². The molecule has 2 atom stereocenters. The maximum absolute atomic E-state index is 13.7. The summed E-state index contributed by atoms with van der Waals surface area (Å²) in [4.78, 5) is 32.0. The van der Waals surface area contributed by atoms with E-state index in [-0.39, 0.29) is 5.91 Å². The minimum atomic E-state index is -1.00. The molecule has 0 bridgehead atoms. The Morgan fingerprint density at radius 2 is 1.89 bits per heavy atom. The molecular weight excluding hydrogens is 476 g/mol. The summed E-state index contributed by atoms with van der Waals surface area (Å²) in [6.45, 7) is 10.1. The van der Waals surface area contributed by atoms with Crippen molar-refractivity contribution >= 4 is 23.2 Å². The molecule has 7 nitrogen and oxygen atoms in total. The number of esters is 1. The first kappa shape index (κ1) is 26.6. The zero-order valence-electron chi connectivity index (χ0n) is 21.6. The first-order chi connectivity index (χ1) is 17.3. The molecule has 2 aliphatic heterocycles. The standard InChI is InChI=1S/C28H38N2O5S/c1-4-33-22-12-10-21(11-13-22)7-5-9-24(25-27(32)35-28(2,3)34-25)26(31)30-18-16-29(17-19-30)15-14-23-8-6-20-36-23/h6,8,10-13,20,24-25H,4-5,7,9,14-19H2,1-3H3/t24-,25+/m1/s1. The van der Waals surface area contributed by atoms with Crippen LogP contribution in [0, 0.1) is 5.92 Å². The van der Waals surface area contributed by atoms with Crippen LogP contribution in [0.1, 0.15) is 44.1 Å². The maximum atomic E-state index is 13.7. The Labute approximate surface area is 218 Å². The van der Waals surface area contributed by atoms with Gasteiger partial charge < -0.3 is 19.1 Å². The van der Waals surface area contributed by atoms with Gasteiger partial charge in [-0.25, -0.2) is 4.79 Å². The lowest BCUT2D eigenvalue weighted by atomic mass is 9.92. The highest BCUT2D eigenvalue weighted by molar-refractivity contribution is 7.09. The predicted octanol–water partition coefficient (Wildman–Crippen LogP) is 4.15. The van der Waals surface area contributed by atoms with Crippen molar-refractivity contribution in [1.29, 1.82) is 0 Å². The van der Waals surface area contributed by atoms with Gasteiger partial charge in [-0.1, -0.05) is 18.2 Å². The molecule has 0 radical (unpaired) electrons. The molecule has 0 saturated carbocycles. The summed E-state index contributed by atoms with van der Waals surface area (Å²) in [5, 5.41) is 2.11. The third kappa shape index (κ3) is 7.08. The summed E-state index contributed by atoms with van der Waals surface area (Å²) in [7, 11) is 0. The quantitative estimate of drug-likeness (QED) is 0.420. The zero-order chi connectivity index (χ0) is 25.5. The number of nitrogens with zero attached hydrogens (tertiary/aromatic N) is 2. The van der Waals surface area contributed by atoms with Gasteiger partial charge >= 0.3 is 5.97 Å². The maximum Gasteiger partial charge on any atom is 0.338 e. The van der Waals surface area contributed by atoms with Crippen LogP contribution in [-0.4, -0.2) is 72.9 Å². The molecule has 8 heteroatoms. The number of amides is 1. The SMILES string of the molecule is CCOc1ccc(CCC[C@@H](C(=O)N2CCN(CCc3cccs3)CC2)[C@@H]2OC(C)(C)OC2=O)cc1. The number of ether oxygens (including phenoxy) is 3. The second-order valence-electron chi connectivity index (χ2n) is 9.93. The van der Waals surface area contributed by atoms with Gasteiger partial charge in [0.2, 0.25) is 11.7 Å². The number of hydrogen-bond donors (Lipinski definition) is 0. The van der Waals surface area contributed by atoms with Gasteiger partial charge in [0.15, 0.2) is 6.10 Å². The first-order valence-electron chi connectivity index (χ1n) is 13.0. The number of carbonyl (C=O) groups excluding carboxylic acids is 2. The third-order valence-electron chi connectivity index (χ3n) is 6.83. The van der Waals surface area contributed by atoms with Gasteiger partial charge in [-0.05, 0) is 61.7 Å². The van der Waals surface area contributed by atoms with E-state index in [1.165, 1.54) is 10.4 Å². The van der Waals surface area contributed by atoms with Crippen LogP contribution in [0.2, 0.25) is 0 Å². The lowest BCUT2D eigenvalue weighted by Gasteiger charge is -2.37. The lowest BCUT2D eigenvalue weighted by Crippen LogP contribution is -2.52. The Kier molecular flexibility index (Phi) is 9.04. The molecule has 0 aliphatic carbocycles. The van der Waals surface area contributed by atoms with Gasteiger partial charge in [0.25, 0.3) is 0 Å². The first-order valence-corrected chi connectivity index (χ1v) is 13.9. The summed E-state index contributed by atoms with van der Waals surface area (Å²) in [6, 6.07) is 12.3. The molecule has 0 N–H and O–H groups in total. The monoisotopic (exact) mass is 514 g/mol.